The summed E-state index contributed by atoms with van der Waals surface area (Å²) in [5.41, 5.74) is -6.27. The van der Waals surface area contributed by atoms with Gasteiger partial charge in [-0.15, -0.1) is 24.5 Å². The summed E-state index contributed by atoms with van der Waals surface area (Å²) in [6.45, 7) is -0.614. The van der Waals surface area contributed by atoms with Crippen molar-refractivity contribution in [2.75, 3.05) is 113 Å². The van der Waals surface area contributed by atoms with Crippen LogP contribution in [0.15, 0.2) is 84.9 Å². The first-order valence-corrected chi connectivity index (χ1v) is 20.5. The summed E-state index contributed by atoms with van der Waals surface area (Å²) in [4.78, 5) is 0. The average molecular weight is 1370 g/mol. The molecule has 0 saturated heterocycles. The van der Waals surface area contributed by atoms with Gasteiger partial charge in [0, 0.05) is 0 Å². The molecular formula is C48H68F12Hf2N10. The Hall–Kier alpha value is -3.20. The zero-order valence-electron chi connectivity index (χ0n) is 43.6. The number of nitrogens with one attached hydrogen (secondary N) is 2. The van der Waals surface area contributed by atoms with Crippen molar-refractivity contribution in [3.05, 3.63) is 161 Å². The summed E-state index contributed by atoms with van der Waals surface area (Å²) in [5, 5.41) is 36.8. The van der Waals surface area contributed by atoms with Gasteiger partial charge in [0.05, 0.1) is 22.3 Å². The van der Waals surface area contributed by atoms with Gasteiger partial charge in [0.1, 0.15) is 0 Å². The molecule has 5 rings (SSSR count). The predicted molar refractivity (Wildman–Crippen MR) is 269 cm³/mol. The van der Waals surface area contributed by atoms with Crippen LogP contribution in [0.5, 0.6) is 0 Å². The molecule has 10 nitrogen and oxygen atoms in total. The van der Waals surface area contributed by atoms with Crippen molar-refractivity contribution in [1.29, 1.82) is 0 Å². The van der Waals surface area contributed by atoms with Crippen molar-refractivity contribution < 1.29 is 104 Å². The Balaban J connectivity index is -0.000000356. The molecule has 0 aliphatic carbocycles. The van der Waals surface area contributed by atoms with E-state index in [9.17, 15) is 52.7 Å². The largest absolute Gasteiger partial charge is 4.00 e. The summed E-state index contributed by atoms with van der Waals surface area (Å²) in [6.07, 6.45) is -20.2. The van der Waals surface area contributed by atoms with Gasteiger partial charge in [-0.1, -0.05) is 71.8 Å². The van der Waals surface area contributed by atoms with Crippen LogP contribution >= 0.6 is 0 Å². The van der Waals surface area contributed by atoms with Crippen molar-refractivity contribution in [3.63, 3.8) is 0 Å². The number of benzene rings is 5. The van der Waals surface area contributed by atoms with E-state index in [0.29, 0.717) is 56.9 Å². The molecule has 0 fully saturated rings. The zero-order valence-corrected chi connectivity index (χ0v) is 50.8. The fourth-order valence-corrected chi connectivity index (χ4v) is 4.87. The van der Waals surface area contributed by atoms with Gasteiger partial charge in [-0.05, 0) is 74.0 Å². The first-order valence-electron chi connectivity index (χ1n) is 20.5. The van der Waals surface area contributed by atoms with Crippen molar-refractivity contribution in [1.82, 2.24) is 10.6 Å². The van der Waals surface area contributed by atoms with Gasteiger partial charge in [0.15, 0.2) is 0 Å². The van der Waals surface area contributed by atoms with Gasteiger partial charge in [-0.3, -0.25) is 0 Å². The van der Waals surface area contributed by atoms with Crippen LogP contribution in [0.4, 0.5) is 64.1 Å². The minimum atomic E-state index is -5.05. The Kier molecular flexibility index (Phi) is 49.1. The SMILES string of the molecule is CNC.CNC.C[N-]C.C[N-]C.C[N-]C.C[N-]C.C[N-]C.C[N-]C.FC(F)(F)c1cc([N-]Cc2cccc3cc4cccc(C[N-]c5cc(C(F)(F)F)cc(C(F)(F)F)c5)c4cc23)cc(C(F)(F)F)c1.[Hf+4].[Hf+4]. The fraction of sp³-hybridized carbons (Fsp3) is 0.458. The van der Waals surface area contributed by atoms with E-state index < -0.39 is 58.3 Å². The van der Waals surface area contributed by atoms with Crippen LogP contribution in [-0.4, -0.2) is 113 Å². The normalized spacial score (nSPS) is 10.3. The van der Waals surface area contributed by atoms with Gasteiger partial charge in [-0.2, -0.15) is 137 Å². The van der Waals surface area contributed by atoms with Crippen LogP contribution in [-0.2, 0) is 89.5 Å². The molecule has 402 valence electrons. The van der Waals surface area contributed by atoms with Crippen LogP contribution < -0.4 is 10.6 Å². The molecule has 0 aromatic heterocycles. The Morgan fingerprint density at radius 1 is 0.347 bits per heavy atom. The zero-order chi connectivity index (χ0) is 55.3. The average Bonchev–Trinajstić information content (AvgIpc) is 3.25. The second kappa shape index (κ2) is 44.1. The van der Waals surface area contributed by atoms with Crippen molar-refractivity contribution in [3.8, 4) is 0 Å². The van der Waals surface area contributed by atoms with E-state index in [1.165, 1.54) is 0 Å². The van der Waals surface area contributed by atoms with E-state index in [4.69, 9.17) is 0 Å². The molecule has 0 amide bonds. The van der Waals surface area contributed by atoms with Crippen LogP contribution in [0.25, 0.3) is 64.1 Å². The molecule has 0 aliphatic rings. The first kappa shape index (κ1) is 80.2. The Bertz CT molecular complexity index is 1860. The number of hydrogen-bond donors (Lipinski definition) is 2. The maximum absolute atomic E-state index is 13.3. The third kappa shape index (κ3) is 35.1. The van der Waals surface area contributed by atoms with Crippen LogP contribution in [0.2, 0.25) is 0 Å². The second-order valence-corrected chi connectivity index (χ2v) is 14.0. The van der Waals surface area contributed by atoms with Crippen LogP contribution in [0.1, 0.15) is 33.4 Å². The smallest absolute Gasteiger partial charge is 0.681 e. The maximum Gasteiger partial charge on any atom is 4.00 e. The van der Waals surface area contributed by atoms with Crippen molar-refractivity contribution in [2.45, 2.75) is 37.8 Å². The second-order valence-electron chi connectivity index (χ2n) is 14.0. The van der Waals surface area contributed by atoms with Crippen LogP contribution in [0, 0.1) is 0 Å². The Morgan fingerprint density at radius 3 is 0.750 bits per heavy atom. The Labute approximate surface area is 456 Å². The summed E-state index contributed by atoms with van der Waals surface area (Å²) in [7, 11) is 28.5. The summed E-state index contributed by atoms with van der Waals surface area (Å²) in [5.74, 6) is 0. The number of alkyl halides is 12. The van der Waals surface area contributed by atoms with E-state index in [0.717, 1.165) is 0 Å². The molecule has 72 heavy (non-hydrogen) atoms. The molecule has 5 aromatic carbocycles. The molecule has 0 saturated carbocycles. The summed E-state index contributed by atoms with van der Waals surface area (Å²) >= 11 is 0. The van der Waals surface area contributed by atoms with E-state index >= 15 is 0 Å². The van der Waals surface area contributed by atoms with E-state index in [1.807, 2.05) is 28.2 Å². The third-order valence-corrected chi connectivity index (χ3v) is 7.07. The van der Waals surface area contributed by atoms with Crippen molar-refractivity contribution in [2.24, 2.45) is 0 Å². The third-order valence-electron chi connectivity index (χ3n) is 7.07. The minimum absolute atomic E-state index is 0. The number of rotatable bonds is 6. The van der Waals surface area contributed by atoms with E-state index in [-0.39, 0.29) is 76.9 Å². The molecule has 0 heterocycles. The number of nitrogens with zero attached hydrogens (tertiary/aromatic N) is 8. The first-order chi connectivity index (χ1) is 32.6. The monoisotopic (exact) mass is 1370 g/mol. The molecule has 0 unspecified atom stereocenters. The molecule has 24 heteroatoms. The quantitative estimate of drug-likeness (QED) is 0.0994. The minimum Gasteiger partial charge on any atom is -0.681 e. The van der Waals surface area contributed by atoms with E-state index in [1.54, 1.807) is 133 Å². The van der Waals surface area contributed by atoms with E-state index in [2.05, 4.69) is 53.2 Å². The fourth-order valence-electron chi connectivity index (χ4n) is 4.87. The van der Waals surface area contributed by atoms with Gasteiger partial charge >= 0.3 is 76.4 Å². The molecule has 0 radical (unpaired) electrons. The van der Waals surface area contributed by atoms with Crippen molar-refractivity contribution >= 4 is 32.9 Å². The Morgan fingerprint density at radius 2 is 0.556 bits per heavy atom. The number of halogens is 12. The number of fused-ring (bicyclic) bond motifs is 2. The van der Waals surface area contributed by atoms with Gasteiger partial charge < -0.3 is 53.2 Å². The van der Waals surface area contributed by atoms with Gasteiger partial charge in [0.2, 0.25) is 0 Å². The molecule has 2 N–H and O–H groups in total. The molecule has 0 bridgehead atoms. The summed E-state index contributed by atoms with van der Waals surface area (Å²) in [6, 6.07) is 15.2. The predicted octanol–water partition coefficient (Wildman–Crippen LogP) is 15.9. The molecule has 0 atom stereocenters. The number of hydrogen-bond acceptors (Lipinski definition) is 2. The van der Waals surface area contributed by atoms with Gasteiger partial charge in [0.25, 0.3) is 0 Å². The standard InChI is InChI=1S/C32H18F12N2.2C2H7N.6C2H6N.2Hf/c33-29(34,35)21-8-22(30(36,37)38)11-25(10-21)45-15-19-5-1-3-17-7-18-4-2-6-20(28(18)14-27(17)19)16-46-26-12-23(31(39,40)41)9-24(13-26)32(42,43)44;8*1-3-2;;/h1-14H,15-16H2;2*3H,1-2H3;6*1-2H3;;/q-2;;;6*-1;2*+4. The molecular weight excluding hydrogens is 1300 g/mol. The molecule has 0 aliphatic heterocycles. The van der Waals surface area contributed by atoms with Gasteiger partial charge in [-0.25, -0.2) is 0 Å². The topological polar surface area (TPSA) is 137 Å². The molecule has 5 aromatic rings. The van der Waals surface area contributed by atoms with Crippen LogP contribution in [0.3, 0.4) is 0 Å². The maximum atomic E-state index is 13.3. The summed E-state index contributed by atoms with van der Waals surface area (Å²) < 4.78 is 160. The molecule has 0 spiro atoms.